The summed E-state index contributed by atoms with van der Waals surface area (Å²) in [5, 5.41) is 6.12. The Hall–Kier alpha value is -3.68. The van der Waals surface area contributed by atoms with Gasteiger partial charge in [0.05, 0.1) is 17.2 Å². The number of carbonyl (C=O) groups is 2. The third-order valence-corrected chi connectivity index (χ3v) is 5.68. The number of hydrogen-bond acceptors (Lipinski definition) is 4. The van der Waals surface area contributed by atoms with Gasteiger partial charge < -0.3 is 10.6 Å². The second-order valence-electron chi connectivity index (χ2n) is 9.16. The van der Waals surface area contributed by atoms with Crippen molar-refractivity contribution in [3.63, 3.8) is 0 Å². The van der Waals surface area contributed by atoms with Gasteiger partial charge in [-0.25, -0.2) is 4.98 Å². The van der Waals surface area contributed by atoms with Crippen LogP contribution in [-0.2, 0) is 11.0 Å². The second-order valence-corrected chi connectivity index (χ2v) is 9.16. The van der Waals surface area contributed by atoms with Crippen molar-refractivity contribution >= 4 is 17.5 Å². The van der Waals surface area contributed by atoms with E-state index in [0.717, 1.165) is 29.7 Å². The molecule has 0 spiro atoms. The van der Waals surface area contributed by atoms with E-state index in [1.807, 2.05) is 24.3 Å². The van der Waals surface area contributed by atoms with Crippen molar-refractivity contribution in [1.29, 1.82) is 0 Å². The Balaban J connectivity index is 1.70. The molecule has 1 heterocycles. The largest absolute Gasteiger partial charge is 0.416 e. The minimum Gasteiger partial charge on any atom is -0.363 e. The highest BCUT2D eigenvalue weighted by Gasteiger charge is 2.30. The summed E-state index contributed by atoms with van der Waals surface area (Å²) in [4.78, 5) is 27.6. The van der Waals surface area contributed by atoms with Crippen molar-refractivity contribution in [3.05, 3.63) is 83.6 Å². The molecule has 2 aromatic carbocycles. The molecule has 2 N–H and O–H groups in total. The van der Waals surface area contributed by atoms with Gasteiger partial charge in [-0.05, 0) is 60.2 Å². The summed E-state index contributed by atoms with van der Waals surface area (Å²) < 4.78 is 38.5. The summed E-state index contributed by atoms with van der Waals surface area (Å²) in [7, 11) is 0. The first-order chi connectivity index (χ1) is 17.0. The molecule has 0 unspecified atom stereocenters. The zero-order valence-corrected chi connectivity index (χ0v) is 20.5. The number of Topliss-reactive ketones (excluding diaryl/α,β-unsaturated/α-hetero) is 1. The highest BCUT2D eigenvalue weighted by Crippen LogP contribution is 2.32. The van der Waals surface area contributed by atoms with Crippen molar-refractivity contribution < 1.29 is 22.8 Å². The van der Waals surface area contributed by atoms with Crippen molar-refractivity contribution in [2.75, 3.05) is 11.9 Å². The van der Waals surface area contributed by atoms with Gasteiger partial charge in [-0.2, -0.15) is 13.2 Å². The van der Waals surface area contributed by atoms with E-state index >= 15 is 0 Å². The predicted octanol–water partition coefficient (Wildman–Crippen LogP) is 6.68. The molecule has 0 saturated carbocycles. The molecule has 0 aliphatic carbocycles. The van der Waals surface area contributed by atoms with Crippen LogP contribution < -0.4 is 10.6 Å². The summed E-state index contributed by atoms with van der Waals surface area (Å²) in [6.07, 6.45) is -1.75. The molecule has 0 fully saturated rings. The van der Waals surface area contributed by atoms with Crippen molar-refractivity contribution in [1.82, 2.24) is 10.3 Å². The number of pyridine rings is 1. The van der Waals surface area contributed by atoms with Gasteiger partial charge in [-0.15, -0.1) is 0 Å². The first kappa shape index (κ1) is 26.9. The fraction of sp³-hybridized carbons (Fsp3) is 0.321. The SMILES string of the molecule is CC(=O)CCNC(=O)c1ccc(N[C@@H](CC(C)C)c2ccc(-c3ccc(C(F)(F)F)cc3)cc2)nc1. The van der Waals surface area contributed by atoms with E-state index in [1.165, 1.54) is 25.3 Å². The average Bonchev–Trinajstić information content (AvgIpc) is 2.83. The maximum absolute atomic E-state index is 12.8. The third kappa shape index (κ3) is 7.66. The number of carbonyl (C=O) groups excluding carboxylic acids is 2. The van der Waals surface area contributed by atoms with Gasteiger partial charge >= 0.3 is 6.18 Å². The fourth-order valence-corrected chi connectivity index (χ4v) is 3.76. The lowest BCUT2D eigenvalue weighted by atomic mass is 9.94. The zero-order chi connectivity index (χ0) is 26.3. The maximum Gasteiger partial charge on any atom is 0.416 e. The van der Waals surface area contributed by atoms with Gasteiger partial charge in [0.2, 0.25) is 0 Å². The third-order valence-electron chi connectivity index (χ3n) is 5.68. The smallest absolute Gasteiger partial charge is 0.363 e. The number of ketones is 1. The highest BCUT2D eigenvalue weighted by molar-refractivity contribution is 5.94. The molecule has 0 radical (unpaired) electrons. The molecular formula is C28H30F3N3O2. The van der Waals surface area contributed by atoms with E-state index in [1.54, 1.807) is 12.1 Å². The monoisotopic (exact) mass is 497 g/mol. The summed E-state index contributed by atoms with van der Waals surface area (Å²) in [5.74, 6) is 0.737. The van der Waals surface area contributed by atoms with Gasteiger partial charge in [0.1, 0.15) is 11.6 Å². The topological polar surface area (TPSA) is 71.1 Å². The Morgan fingerprint density at radius 3 is 2.03 bits per heavy atom. The van der Waals surface area contributed by atoms with Crippen LogP contribution in [0.2, 0.25) is 0 Å². The molecular weight excluding hydrogens is 467 g/mol. The lowest BCUT2D eigenvalue weighted by molar-refractivity contribution is -0.137. The number of nitrogens with zero attached hydrogens (tertiary/aromatic N) is 1. The van der Waals surface area contributed by atoms with Crippen LogP contribution in [0.15, 0.2) is 66.9 Å². The van der Waals surface area contributed by atoms with E-state index in [-0.39, 0.29) is 30.7 Å². The summed E-state index contributed by atoms with van der Waals surface area (Å²) in [5.41, 5.74) is 2.30. The number of halogens is 3. The fourth-order valence-electron chi connectivity index (χ4n) is 3.76. The first-order valence-corrected chi connectivity index (χ1v) is 11.8. The molecule has 1 atom stereocenters. The van der Waals surface area contributed by atoms with Gasteiger partial charge in [0, 0.05) is 19.2 Å². The average molecular weight is 498 g/mol. The van der Waals surface area contributed by atoms with E-state index in [0.29, 0.717) is 22.9 Å². The minimum atomic E-state index is -4.36. The number of aromatic nitrogens is 1. The van der Waals surface area contributed by atoms with E-state index in [4.69, 9.17) is 0 Å². The van der Waals surface area contributed by atoms with Crippen LogP contribution in [0.3, 0.4) is 0 Å². The Morgan fingerprint density at radius 2 is 1.53 bits per heavy atom. The van der Waals surface area contributed by atoms with Crippen molar-refractivity contribution in [3.8, 4) is 11.1 Å². The van der Waals surface area contributed by atoms with Crippen molar-refractivity contribution in [2.45, 2.75) is 45.8 Å². The molecule has 0 aliphatic rings. The van der Waals surface area contributed by atoms with Crippen LogP contribution in [0.4, 0.5) is 19.0 Å². The highest BCUT2D eigenvalue weighted by atomic mass is 19.4. The maximum atomic E-state index is 12.8. The standard InChI is InChI=1S/C28H30F3N3O2/c1-18(2)16-25(34-26-13-10-23(17-33-26)27(36)32-15-14-19(3)35)22-6-4-20(5-7-22)21-8-11-24(12-9-21)28(29,30)31/h4-13,17-18,25H,14-16H2,1-3H3,(H,32,36)(H,33,34)/t25-/m0/s1. The summed E-state index contributed by atoms with van der Waals surface area (Å²) in [6.45, 7) is 6.00. The molecule has 0 bridgehead atoms. The normalized spacial score (nSPS) is 12.3. The van der Waals surface area contributed by atoms with Crippen LogP contribution in [0.5, 0.6) is 0 Å². The molecule has 8 heteroatoms. The van der Waals surface area contributed by atoms with E-state index in [9.17, 15) is 22.8 Å². The van der Waals surface area contributed by atoms with E-state index in [2.05, 4.69) is 29.5 Å². The molecule has 0 saturated heterocycles. The zero-order valence-electron chi connectivity index (χ0n) is 20.5. The quantitative estimate of drug-likeness (QED) is 0.328. The van der Waals surface area contributed by atoms with Crippen LogP contribution in [0.1, 0.15) is 61.1 Å². The number of hydrogen-bond donors (Lipinski definition) is 2. The number of amides is 1. The lowest BCUT2D eigenvalue weighted by Crippen LogP contribution is -2.25. The van der Waals surface area contributed by atoms with Crippen LogP contribution in [-0.4, -0.2) is 23.2 Å². The molecule has 190 valence electrons. The summed E-state index contributed by atoms with van der Waals surface area (Å²) in [6, 6.07) is 16.2. The predicted molar refractivity (Wildman–Crippen MR) is 135 cm³/mol. The molecule has 5 nitrogen and oxygen atoms in total. The van der Waals surface area contributed by atoms with Gasteiger partial charge in [0.15, 0.2) is 0 Å². The van der Waals surface area contributed by atoms with Gasteiger partial charge in [0.25, 0.3) is 5.91 Å². The molecule has 3 aromatic rings. The van der Waals surface area contributed by atoms with Crippen LogP contribution >= 0.6 is 0 Å². The van der Waals surface area contributed by atoms with Crippen molar-refractivity contribution in [2.24, 2.45) is 5.92 Å². The Morgan fingerprint density at radius 1 is 0.917 bits per heavy atom. The Labute approximate surface area is 209 Å². The molecule has 3 rings (SSSR count). The Bertz CT molecular complexity index is 1160. The van der Waals surface area contributed by atoms with Crippen LogP contribution in [0, 0.1) is 5.92 Å². The van der Waals surface area contributed by atoms with Crippen LogP contribution in [0.25, 0.3) is 11.1 Å². The molecule has 36 heavy (non-hydrogen) atoms. The number of anilines is 1. The lowest BCUT2D eigenvalue weighted by Gasteiger charge is -2.22. The second kappa shape index (κ2) is 11.8. The number of rotatable bonds is 10. The molecule has 1 amide bonds. The number of nitrogens with one attached hydrogen (secondary N) is 2. The van der Waals surface area contributed by atoms with Gasteiger partial charge in [-0.3, -0.25) is 9.59 Å². The molecule has 0 aliphatic heterocycles. The van der Waals surface area contributed by atoms with Gasteiger partial charge in [-0.1, -0.05) is 50.2 Å². The molecule has 1 aromatic heterocycles. The summed E-state index contributed by atoms with van der Waals surface area (Å²) >= 11 is 0. The number of alkyl halides is 3. The number of benzene rings is 2. The first-order valence-electron chi connectivity index (χ1n) is 11.8. The Kier molecular flexibility index (Phi) is 8.85. The van der Waals surface area contributed by atoms with E-state index < -0.39 is 11.7 Å². The minimum absolute atomic E-state index is 0.0107.